The van der Waals surface area contributed by atoms with Crippen molar-refractivity contribution < 1.29 is 27.8 Å². The lowest BCUT2D eigenvalue weighted by Crippen LogP contribution is -2.18. The molecule has 32 heavy (non-hydrogen) atoms. The maximum absolute atomic E-state index is 11.7. The summed E-state index contributed by atoms with van der Waals surface area (Å²) in [5, 5.41) is 14.3. The lowest BCUT2D eigenvalue weighted by molar-refractivity contribution is -0.136. The van der Waals surface area contributed by atoms with Crippen molar-refractivity contribution in [1.82, 2.24) is 0 Å². The van der Waals surface area contributed by atoms with E-state index in [1.165, 1.54) is 0 Å². The molecule has 3 N–H and O–H groups in total. The number of aliphatic carboxylic acids is 1. The van der Waals surface area contributed by atoms with Crippen LogP contribution in [-0.4, -0.2) is 26.6 Å². The van der Waals surface area contributed by atoms with E-state index in [0.29, 0.717) is 23.5 Å². The van der Waals surface area contributed by atoms with Crippen molar-refractivity contribution in [1.29, 1.82) is 0 Å². The average molecular weight is 454 g/mol. The van der Waals surface area contributed by atoms with Gasteiger partial charge in [0.25, 0.3) is 0 Å². The van der Waals surface area contributed by atoms with Crippen LogP contribution in [0.2, 0.25) is 0 Å². The van der Waals surface area contributed by atoms with Crippen molar-refractivity contribution in [3.05, 3.63) is 82.9 Å². The standard InChI is InChI=1S/C24H23NO6S/c1-30-20-6-3-7-21-23(20)18-10-8-16(14-32(25,28)29)13-19(18)24(31-21)17-5-2-4-15(12-17)9-11-22(26)27/h2-8,10,12-13,24H,9,11,14H2,1H3,(H,26,27)(H2,25,28,29). The van der Waals surface area contributed by atoms with Gasteiger partial charge in [-0.05, 0) is 40.8 Å². The molecule has 0 aliphatic carbocycles. The first-order valence-electron chi connectivity index (χ1n) is 10.0. The second-order valence-electron chi connectivity index (χ2n) is 7.70. The smallest absolute Gasteiger partial charge is 0.303 e. The van der Waals surface area contributed by atoms with Crippen LogP contribution in [-0.2, 0) is 27.0 Å². The lowest BCUT2D eigenvalue weighted by atomic mass is 9.87. The Morgan fingerprint density at radius 3 is 2.59 bits per heavy atom. The van der Waals surface area contributed by atoms with Gasteiger partial charge in [-0.25, -0.2) is 13.6 Å². The number of primary sulfonamides is 1. The molecule has 3 aromatic carbocycles. The number of sulfonamides is 1. The Bertz CT molecular complexity index is 1290. The normalized spacial score (nSPS) is 14.8. The SMILES string of the molecule is COc1cccc2c1-c1ccc(CS(N)(=O)=O)cc1C(c1cccc(CCC(=O)O)c1)O2. The van der Waals surface area contributed by atoms with Gasteiger partial charge in [-0.15, -0.1) is 0 Å². The highest BCUT2D eigenvalue weighted by Gasteiger charge is 2.30. The molecule has 0 bridgehead atoms. The van der Waals surface area contributed by atoms with Gasteiger partial charge in [0.05, 0.1) is 18.4 Å². The zero-order chi connectivity index (χ0) is 22.9. The second-order valence-corrected chi connectivity index (χ2v) is 9.31. The maximum atomic E-state index is 11.7. The van der Waals surface area contributed by atoms with E-state index in [4.69, 9.17) is 19.7 Å². The molecule has 3 aromatic rings. The molecule has 0 aromatic heterocycles. The number of rotatable bonds is 7. The van der Waals surface area contributed by atoms with Gasteiger partial charge in [-0.1, -0.05) is 48.5 Å². The molecule has 1 atom stereocenters. The second kappa shape index (κ2) is 8.64. The summed E-state index contributed by atoms with van der Waals surface area (Å²) in [5.41, 5.74) is 4.74. The van der Waals surface area contributed by atoms with Crippen LogP contribution < -0.4 is 14.6 Å². The monoisotopic (exact) mass is 453 g/mol. The Kier molecular flexibility index (Phi) is 5.90. The number of hydrogen-bond acceptors (Lipinski definition) is 5. The molecule has 1 heterocycles. The highest BCUT2D eigenvalue weighted by Crippen LogP contribution is 2.49. The predicted octanol–water partition coefficient (Wildman–Crippen LogP) is 3.65. The molecule has 1 unspecified atom stereocenters. The number of nitrogens with two attached hydrogens (primary N) is 1. The molecule has 1 aliphatic rings. The van der Waals surface area contributed by atoms with Gasteiger partial charge >= 0.3 is 5.97 Å². The number of carboxylic acids is 1. The van der Waals surface area contributed by atoms with E-state index in [0.717, 1.165) is 27.8 Å². The fourth-order valence-electron chi connectivity index (χ4n) is 4.02. The number of carboxylic acid groups (broad SMARTS) is 1. The first-order chi connectivity index (χ1) is 15.2. The molecule has 0 saturated heterocycles. The molecule has 8 heteroatoms. The third kappa shape index (κ3) is 4.61. The van der Waals surface area contributed by atoms with Crippen LogP contribution in [0.4, 0.5) is 0 Å². The van der Waals surface area contributed by atoms with Crippen molar-refractivity contribution in [2.45, 2.75) is 24.7 Å². The van der Waals surface area contributed by atoms with Crippen molar-refractivity contribution in [2.24, 2.45) is 5.14 Å². The van der Waals surface area contributed by atoms with Gasteiger partial charge in [0.15, 0.2) is 0 Å². The Morgan fingerprint density at radius 2 is 1.88 bits per heavy atom. The van der Waals surface area contributed by atoms with Gasteiger partial charge in [-0.3, -0.25) is 4.79 Å². The predicted molar refractivity (Wildman–Crippen MR) is 120 cm³/mol. The minimum Gasteiger partial charge on any atom is -0.496 e. The molecule has 4 rings (SSSR count). The van der Waals surface area contributed by atoms with E-state index in [-0.39, 0.29) is 12.2 Å². The summed E-state index contributed by atoms with van der Waals surface area (Å²) in [6.45, 7) is 0. The van der Waals surface area contributed by atoms with Crippen LogP contribution >= 0.6 is 0 Å². The lowest BCUT2D eigenvalue weighted by Gasteiger charge is -2.30. The van der Waals surface area contributed by atoms with Crippen molar-refractivity contribution in [3.63, 3.8) is 0 Å². The van der Waals surface area contributed by atoms with Crippen LogP contribution in [0.1, 0.15) is 34.8 Å². The Labute approximate surface area is 186 Å². The summed E-state index contributed by atoms with van der Waals surface area (Å²) in [5.74, 6) is 0.154. The molecule has 1 aliphatic heterocycles. The van der Waals surface area contributed by atoms with Crippen LogP contribution in [0.3, 0.4) is 0 Å². The van der Waals surface area contributed by atoms with Gasteiger partial charge in [-0.2, -0.15) is 0 Å². The van der Waals surface area contributed by atoms with Crippen LogP contribution in [0.15, 0.2) is 60.7 Å². The minimum atomic E-state index is -3.70. The van der Waals surface area contributed by atoms with Crippen molar-refractivity contribution >= 4 is 16.0 Å². The number of methoxy groups -OCH3 is 1. The summed E-state index contributed by atoms with van der Waals surface area (Å²) in [7, 11) is -2.12. The van der Waals surface area contributed by atoms with E-state index < -0.39 is 22.1 Å². The summed E-state index contributed by atoms with van der Waals surface area (Å²) in [6.07, 6.45) is -0.0715. The van der Waals surface area contributed by atoms with E-state index in [1.807, 2.05) is 48.5 Å². The van der Waals surface area contributed by atoms with Gasteiger partial charge in [0, 0.05) is 12.0 Å². The number of benzene rings is 3. The minimum absolute atomic E-state index is 0.0318. The third-order valence-corrected chi connectivity index (χ3v) is 6.11. The van der Waals surface area contributed by atoms with Gasteiger partial charge in [0.2, 0.25) is 10.0 Å². The first kappa shape index (κ1) is 21.9. The summed E-state index contributed by atoms with van der Waals surface area (Å²) < 4.78 is 35.3. The molecular weight excluding hydrogens is 430 g/mol. The van der Waals surface area contributed by atoms with Crippen LogP contribution in [0.5, 0.6) is 11.5 Å². The molecule has 0 saturated carbocycles. The average Bonchev–Trinajstić information content (AvgIpc) is 2.75. The molecule has 0 amide bonds. The van der Waals surface area contributed by atoms with Crippen LogP contribution in [0, 0.1) is 0 Å². The third-order valence-electron chi connectivity index (χ3n) is 5.37. The fourth-order valence-corrected chi connectivity index (χ4v) is 4.67. The number of aryl methyl sites for hydroxylation is 1. The van der Waals surface area contributed by atoms with E-state index in [9.17, 15) is 13.2 Å². The quantitative estimate of drug-likeness (QED) is 0.564. The van der Waals surface area contributed by atoms with Gasteiger partial charge in [0.1, 0.15) is 17.6 Å². The molecule has 166 valence electrons. The van der Waals surface area contributed by atoms with Crippen molar-refractivity contribution in [3.8, 4) is 22.6 Å². The highest BCUT2D eigenvalue weighted by molar-refractivity contribution is 7.88. The van der Waals surface area contributed by atoms with E-state index in [2.05, 4.69) is 0 Å². The topological polar surface area (TPSA) is 116 Å². The number of hydrogen-bond donors (Lipinski definition) is 2. The molecule has 7 nitrogen and oxygen atoms in total. The Morgan fingerprint density at radius 1 is 1.09 bits per heavy atom. The first-order valence-corrected chi connectivity index (χ1v) is 11.7. The maximum Gasteiger partial charge on any atom is 0.303 e. The Balaban J connectivity index is 1.84. The molecular formula is C24H23NO6S. The molecule has 0 fully saturated rings. The zero-order valence-electron chi connectivity index (χ0n) is 17.4. The molecule has 0 radical (unpaired) electrons. The highest BCUT2D eigenvalue weighted by atomic mass is 32.2. The summed E-state index contributed by atoms with van der Waals surface area (Å²) >= 11 is 0. The largest absolute Gasteiger partial charge is 0.496 e. The summed E-state index contributed by atoms with van der Waals surface area (Å²) in [4.78, 5) is 11.0. The van der Waals surface area contributed by atoms with E-state index in [1.54, 1.807) is 19.2 Å². The van der Waals surface area contributed by atoms with E-state index >= 15 is 0 Å². The molecule has 0 spiro atoms. The van der Waals surface area contributed by atoms with Crippen molar-refractivity contribution in [2.75, 3.05) is 7.11 Å². The summed E-state index contributed by atoms with van der Waals surface area (Å²) in [6, 6.07) is 18.5. The number of ether oxygens (including phenoxy) is 2. The van der Waals surface area contributed by atoms with Crippen LogP contribution in [0.25, 0.3) is 11.1 Å². The Hall–Kier alpha value is -3.36. The number of carbonyl (C=O) groups is 1. The fraction of sp³-hybridized carbons (Fsp3) is 0.208. The number of fused-ring (bicyclic) bond motifs is 3. The van der Waals surface area contributed by atoms with Gasteiger partial charge < -0.3 is 14.6 Å². The zero-order valence-corrected chi connectivity index (χ0v) is 18.3.